The SMILES string of the molecule is CNC(Cc1cc(Cl)cc2c1OCC2)c1cccc(C)c1. The van der Waals surface area contributed by atoms with Crippen LogP contribution in [0.15, 0.2) is 36.4 Å². The first-order chi connectivity index (χ1) is 10.2. The van der Waals surface area contributed by atoms with Crippen LogP contribution in [0.25, 0.3) is 0 Å². The molecule has 0 aliphatic carbocycles. The molecule has 0 saturated carbocycles. The summed E-state index contributed by atoms with van der Waals surface area (Å²) in [5.41, 5.74) is 5.00. The average Bonchev–Trinajstić information content (AvgIpc) is 2.92. The van der Waals surface area contributed by atoms with Crippen LogP contribution in [0.1, 0.15) is 28.3 Å². The first kappa shape index (κ1) is 14.4. The van der Waals surface area contributed by atoms with Crippen molar-refractivity contribution in [3.8, 4) is 5.75 Å². The third-order valence-electron chi connectivity index (χ3n) is 4.04. The first-order valence-corrected chi connectivity index (χ1v) is 7.73. The summed E-state index contributed by atoms with van der Waals surface area (Å²) < 4.78 is 5.80. The Morgan fingerprint density at radius 2 is 2.14 bits per heavy atom. The second-order valence-corrected chi connectivity index (χ2v) is 6.05. The maximum atomic E-state index is 6.25. The molecule has 0 bridgehead atoms. The van der Waals surface area contributed by atoms with Gasteiger partial charge in [0.15, 0.2) is 0 Å². The highest BCUT2D eigenvalue weighted by Gasteiger charge is 2.20. The molecule has 1 atom stereocenters. The smallest absolute Gasteiger partial charge is 0.125 e. The average molecular weight is 302 g/mol. The summed E-state index contributed by atoms with van der Waals surface area (Å²) in [5.74, 6) is 1.03. The van der Waals surface area contributed by atoms with Gasteiger partial charge in [-0.15, -0.1) is 0 Å². The highest BCUT2D eigenvalue weighted by atomic mass is 35.5. The van der Waals surface area contributed by atoms with Crippen LogP contribution in [0.3, 0.4) is 0 Å². The van der Waals surface area contributed by atoms with Gasteiger partial charge in [0.25, 0.3) is 0 Å². The second-order valence-electron chi connectivity index (χ2n) is 5.61. The molecule has 2 aromatic carbocycles. The number of hydrogen-bond donors (Lipinski definition) is 1. The zero-order valence-electron chi connectivity index (χ0n) is 12.4. The molecule has 3 heteroatoms. The molecular formula is C18H20ClNO. The van der Waals surface area contributed by atoms with Gasteiger partial charge in [0.05, 0.1) is 6.61 Å². The van der Waals surface area contributed by atoms with E-state index in [0.29, 0.717) is 0 Å². The quantitative estimate of drug-likeness (QED) is 0.918. The van der Waals surface area contributed by atoms with Gasteiger partial charge in [-0.05, 0) is 49.2 Å². The van der Waals surface area contributed by atoms with Crippen molar-refractivity contribution in [3.63, 3.8) is 0 Å². The van der Waals surface area contributed by atoms with Crippen LogP contribution in [-0.4, -0.2) is 13.7 Å². The molecule has 1 N–H and O–H groups in total. The number of fused-ring (bicyclic) bond motifs is 1. The molecule has 1 aliphatic rings. The van der Waals surface area contributed by atoms with Crippen LogP contribution in [0.5, 0.6) is 5.75 Å². The zero-order chi connectivity index (χ0) is 14.8. The van der Waals surface area contributed by atoms with Crippen molar-refractivity contribution in [1.82, 2.24) is 5.32 Å². The lowest BCUT2D eigenvalue weighted by Crippen LogP contribution is -2.19. The Kier molecular flexibility index (Phi) is 4.18. The van der Waals surface area contributed by atoms with Gasteiger partial charge in [0.1, 0.15) is 5.75 Å². The van der Waals surface area contributed by atoms with Gasteiger partial charge >= 0.3 is 0 Å². The maximum absolute atomic E-state index is 6.25. The molecule has 0 saturated heterocycles. The molecule has 1 heterocycles. The van der Waals surface area contributed by atoms with Crippen molar-refractivity contribution >= 4 is 11.6 Å². The Morgan fingerprint density at radius 3 is 2.90 bits per heavy atom. The molecule has 21 heavy (non-hydrogen) atoms. The largest absolute Gasteiger partial charge is 0.493 e. The normalized spacial score (nSPS) is 14.6. The molecule has 0 amide bonds. The van der Waals surface area contributed by atoms with Crippen LogP contribution < -0.4 is 10.1 Å². The number of benzene rings is 2. The van der Waals surface area contributed by atoms with Crippen molar-refractivity contribution in [2.45, 2.75) is 25.8 Å². The first-order valence-electron chi connectivity index (χ1n) is 7.35. The Bertz CT molecular complexity index is 654. The molecule has 110 valence electrons. The van der Waals surface area contributed by atoms with Crippen LogP contribution in [0.4, 0.5) is 0 Å². The summed E-state index contributed by atoms with van der Waals surface area (Å²) >= 11 is 6.25. The fourth-order valence-corrected chi connectivity index (χ4v) is 3.25. The predicted octanol–water partition coefficient (Wildman–Crippen LogP) is 4.09. The van der Waals surface area contributed by atoms with Crippen LogP contribution >= 0.6 is 11.6 Å². The number of hydrogen-bond acceptors (Lipinski definition) is 2. The monoisotopic (exact) mass is 301 g/mol. The van der Waals surface area contributed by atoms with Crippen molar-refractivity contribution in [1.29, 1.82) is 0 Å². The Labute approximate surface area is 131 Å². The van der Waals surface area contributed by atoms with Crippen LogP contribution in [-0.2, 0) is 12.8 Å². The van der Waals surface area contributed by atoms with Gasteiger partial charge in [0.2, 0.25) is 0 Å². The van der Waals surface area contributed by atoms with Crippen molar-refractivity contribution < 1.29 is 4.74 Å². The van der Waals surface area contributed by atoms with Gasteiger partial charge in [-0.25, -0.2) is 0 Å². The third kappa shape index (κ3) is 3.07. The number of rotatable bonds is 4. The van der Waals surface area contributed by atoms with Crippen molar-refractivity contribution in [3.05, 3.63) is 63.7 Å². The minimum absolute atomic E-state index is 0.261. The van der Waals surface area contributed by atoms with E-state index in [9.17, 15) is 0 Å². The lowest BCUT2D eigenvalue weighted by atomic mass is 9.96. The molecule has 1 unspecified atom stereocenters. The fourth-order valence-electron chi connectivity index (χ4n) is 2.99. The number of aryl methyl sites for hydroxylation is 1. The van der Waals surface area contributed by atoms with E-state index >= 15 is 0 Å². The Hall–Kier alpha value is -1.51. The molecule has 0 aromatic heterocycles. The molecule has 0 radical (unpaired) electrons. The van der Waals surface area contributed by atoms with Crippen molar-refractivity contribution in [2.75, 3.05) is 13.7 Å². The van der Waals surface area contributed by atoms with Gasteiger partial charge < -0.3 is 10.1 Å². The van der Waals surface area contributed by atoms with E-state index < -0.39 is 0 Å². The third-order valence-corrected chi connectivity index (χ3v) is 4.26. The van der Waals surface area contributed by atoms with E-state index in [1.807, 2.05) is 19.2 Å². The minimum Gasteiger partial charge on any atom is -0.493 e. The summed E-state index contributed by atoms with van der Waals surface area (Å²) in [4.78, 5) is 0. The van der Waals surface area contributed by atoms with E-state index in [0.717, 1.165) is 30.2 Å². The summed E-state index contributed by atoms with van der Waals surface area (Å²) in [6.07, 6.45) is 1.83. The molecule has 0 fully saturated rings. The van der Waals surface area contributed by atoms with E-state index in [4.69, 9.17) is 16.3 Å². The fraction of sp³-hybridized carbons (Fsp3) is 0.333. The summed E-state index contributed by atoms with van der Waals surface area (Å²) in [6, 6.07) is 12.9. The Balaban J connectivity index is 1.91. The standard InChI is InChI=1S/C18H20ClNO/c1-12-4-3-5-13(8-12)17(20-2)11-15-10-16(19)9-14-6-7-21-18(14)15/h3-5,8-10,17,20H,6-7,11H2,1-2H3. The summed E-state index contributed by atoms with van der Waals surface area (Å²) in [5, 5.41) is 4.21. The van der Waals surface area contributed by atoms with Gasteiger partial charge in [-0.2, -0.15) is 0 Å². The maximum Gasteiger partial charge on any atom is 0.125 e. The highest BCUT2D eigenvalue weighted by molar-refractivity contribution is 6.30. The lowest BCUT2D eigenvalue weighted by molar-refractivity contribution is 0.352. The summed E-state index contributed by atoms with van der Waals surface area (Å²) in [7, 11) is 2.00. The van der Waals surface area contributed by atoms with Crippen molar-refractivity contribution in [2.24, 2.45) is 0 Å². The number of halogens is 1. The topological polar surface area (TPSA) is 21.3 Å². The predicted molar refractivity (Wildman–Crippen MR) is 87.3 cm³/mol. The van der Waals surface area contributed by atoms with Gasteiger partial charge in [-0.1, -0.05) is 41.4 Å². The minimum atomic E-state index is 0.261. The number of ether oxygens (including phenoxy) is 1. The molecule has 3 rings (SSSR count). The molecule has 2 nitrogen and oxygen atoms in total. The van der Waals surface area contributed by atoms with Crippen LogP contribution in [0.2, 0.25) is 5.02 Å². The van der Waals surface area contributed by atoms with E-state index in [2.05, 4.69) is 36.5 Å². The van der Waals surface area contributed by atoms with Gasteiger partial charge in [-0.3, -0.25) is 0 Å². The summed E-state index contributed by atoms with van der Waals surface area (Å²) in [6.45, 7) is 2.88. The number of likely N-dealkylation sites (N-methyl/N-ethyl adjacent to an activating group) is 1. The second kappa shape index (κ2) is 6.08. The molecule has 2 aromatic rings. The lowest BCUT2D eigenvalue weighted by Gasteiger charge is -2.19. The number of nitrogens with one attached hydrogen (secondary N) is 1. The van der Waals surface area contributed by atoms with Crippen LogP contribution in [0, 0.1) is 6.92 Å². The zero-order valence-corrected chi connectivity index (χ0v) is 13.2. The van der Waals surface area contributed by atoms with E-state index in [-0.39, 0.29) is 6.04 Å². The molecular weight excluding hydrogens is 282 g/mol. The molecule has 0 spiro atoms. The van der Waals surface area contributed by atoms with E-state index in [1.165, 1.54) is 22.3 Å². The molecule has 1 aliphatic heterocycles. The Morgan fingerprint density at radius 1 is 1.29 bits per heavy atom. The highest BCUT2D eigenvalue weighted by Crippen LogP contribution is 2.35. The van der Waals surface area contributed by atoms with Gasteiger partial charge in [0, 0.05) is 17.5 Å². The van der Waals surface area contributed by atoms with E-state index in [1.54, 1.807) is 0 Å².